The average molecular weight is 169 g/mol. The van der Waals surface area contributed by atoms with Crippen molar-refractivity contribution in [3.8, 4) is 0 Å². The fourth-order valence-corrected chi connectivity index (χ4v) is 0.761. The Bertz CT molecular complexity index is 267. The number of nitrogens with one attached hydrogen (secondary N) is 1. The number of methoxy groups -OCH3 is 1. The number of ether oxygens (including phenoxy) is 1. The highest BCUT2D eigenvalue weighted by Crippen LogP contribution is 2.10. The van der Waals surface area contributed by atoms with Gasteiger partial charge in [-0.05, 0) is 13.0 Å². The lowest BCUT2D eigenvalue weighted by Crippen LogP contribution is -2.14. The standard InChI is InChI=1S/C8H11NO3/c1-6-3-4-7(12-6)9-5-8(10)11-2/h3-4,9H,5H2,1-2H3. The van der Waals surface area contributed by atoms with E-state index in [2.05, 4.69) is 10.1 Å². The SMILES string of the molecule is COC(=O)CNc1ccc(C)o1. The molecule has 0 fully saturated rings. The molecule has 0 saturated heterocycles. The molecule has 0 unspecified atom stereocenters. The fourth-order valence-electron chi connectivity index (χ4n) is 0.761. The maximum Gasteiger partial charge on any atom is 0.325 e. The molecule has 0 bridgehead atoms. The topological polar surface area (TPSA) is 51.5 Å². The van der Waals surface area contributed by atoms with E-state index in [1.54, 1.807) is 6.07 Å². The lowest BCUT2D eigenvalue weighted by Gasteiger charge is -1.99. The lowest BCUT2D eigenvalue weighted by molar-refractivity contribution is -0.138. The van der Waals surface area contributed by atoms with E-state index < -0.39 is 0 Å². The fraction of sp³-hybridized carbons (Fsp3) is 0.375. The third-order valence-corrected chi connectivity index (χ3v) is 1.37. The second-order valence-corrected chi connectivity index (χ2v) is 2.34. The Morgan fingerprint density at radius 3 is 2.92 bits per heavy atom. The highest BCUT2D eigenvalue weighted by atomic mass is 16.5. The zero-order valence-corrected chi connectivity index (χ0v) is 7.09. The number of hydrogen-bond donors (Lipinski definition) is 1. The molecule has 0 aliphatic carbocycles. The minimum atomic E-state index is -0.316. The predicted molar refractivity (Wildman–Crippen MR) is 44.0 cm³/mol. The molecule has 1 N–H and O–H groups in total. The van der Waals surface area contributed by atoms with Gasteiger partial charge >= 0.3 is 5.97 Å². The first-order valence-electron chi connectivity index (χ1n) is 3.59. The number of carbonyl (C=O) groups is 1. The molecule has 0 aromatic carbocycles. The van der Waals surface area contributed by atoms with Gasteiger partial charge in [0, 0.05) is 6.07 Å². The summed E-state index contributed by atoms with van der Waals surface area (Å²) in [5.74, 6) is 1.07. The molecule has 4 heteroatoms. The van der Waals surface area contributed by atoms with Crippen LogP contribution in [0.5, 0.6) is 0 Å². The minimum absolute atomic E-state index is 0.128. The van der Waals surface area contributed by atoms with E-state index in [1.807, 2.05) is 13.0 Å². The maximum atomic E-state index is 10.7. The van der Waals surface area contributed by atoms with Gasteiger partial charge in [0.1, 0.15) is 12.3 Å². The van der Waals surface area contributed by atoms with Gasteiger partial charge < -0.3 is 14.5 Å². The van der Waals surface area contributed by atoms with Crippen molar-refractivity contribution in [3.63, 3.8) is 0 Å². The van der Waals surface area contributed by atoms with Crippen LogP contribution in [-0.4, -0.2) is 19.6 Å². The Kier molecular flexibility index (Phi) is 2.74. The molecule has 66 valence electrons. The van der Waals surface area contributed by atoms with Gasteiger partial charge in [-0.3, -0.25) is 4.79 Å². The van der Waals surface area contributed by atoms with Crippen LogP contribution in [0.15, 0.2) is 16.5 Å². The molecule has 1 aromatic heterocycles. The van der Waals surface area contributed by atoms with Gasteiger partial charge in [-0.1, -0.05) is 0 Å². The minimum Gasteiger partial charge on any atom is -0.468 e. The molecule has 0 atom stereocenters. The van der Waals surface area contributed by atoms with Crippen molar-refractivity contribution in [1.29, 1.82) is 0 Å². The molecule has 1 rings (SSSR count). The quantitative estimate of drug-likeness (QED) is 0.690. The number of hydrogen-bond acceptors (Lipinski definition) is 4. The maximum absolute atomic E-state index is 10.7. The van der Waals surface area contributed by atoms with Gasteiger partial charge in [0.2, 0.25) is 0 Å². The Hall–Kier alpha value is -1.45. The lowest BCUT2D eigenvalue weighted by atomic mass is 10.5. The van der Waals surface area contributed by atoms with Gasteiger partial charge in [-0.2, -0.15) is 0 Å². The Morgan fingerprint density at radius 2 is 2.42 bits per heavy atom. The van der Waals surface area contributed by atoms with E-state index in [9.17, 15) is 4.79 Å². The largest absolute Gasteiger partial charge is 0.468 e. The van der Waals surface area contributed by atoms with Gasteiger partial charge in [0.25, 0.3) is 0 Å². The molecule has 1 aromatic rings. The van der Waals surface area contributed by atoms with E-state index in [1.165, 1.54) is 7.11 Å². The summed E-state index contributed by atoms with van der Waals surface area (Å²) < 4.78 is 9.60. The van der Waals surface area contributed by atoms with Crippen LogP contribution in [0.2, 0.25) is 0 Å². The zero-order valence-electron chi connectivity index (χ0n) is 7.09. The van der Waals surface area contributed by atoms with E-state index in [0.717, 1.165) is 5.76 Å². The van der Waals surface area contributed by atoms with E-state index >= 15 is 0 Å². The first kappa shape index (κ1) is 8.64. The molecule has 12 heavy (non-hydrogen) atoms. The van der Waals surface area contributed by atoms with Crippen LogP contribution in [0.1, 0.15) is 5.76 Å². The zero-order chi connectivity index (χ0) is 8.97. The molecule has 0 amide bonds. The third-order valence-electron chi connectivity index (χ3n) is 1.37. The second-order valence-electron chi connectivity index (χ2n) is 2.34. The Labute approximate surface area is 70.5 Å². The van der Waals surface area contributed by atoms with Crippen molar-refractivity contribution in [2.45, 2.75) is 6.92 Å². The van der Waals surface area contributed by atoms with Crippen LogP contribution in [0, 0.1) is 6.92 Å². The van der Waals surface area contributed by atoms with Crippen LogP contribution >= 0.6 is 0 Å². The van der Waals surface area contributed by atoms with E-state index in [0.29, 0.717) is 5.88 Å². The summed E-state index contributed by atoms with van der Waals surface area (Å²) in [5.41, 5.74) is 0. The van der Waals surface area contributed by atoms with Crippen molar-refractivity contribution >= 4 is 11.9 Å². The van der Waals surface area contributed by atoms with Crippen molar-refractivity contribution in [2.75, 3.05) is 19.0 Å². The average Bonchev–Trinajstić information content (AvgIpc) is 2.47. The van der Waals surface area contributed by atoms with Crippen molar-refractivity contribution < 1.29 is 13.9 Å². The molecular formula is C8H11NO3. The number of carbonyl (C=O) groups excluding carboxylic acids is 1. The van der Waals surface area contributed by atoms with Gasteiger partial charge in [-0.25, -0.2) is 0 Å². The molecule has 0 radical (unpaired) electrons. The van der Waals surface area contributed by atoms with Crippen LogP contribution < -0.4 is 5.32 Å². The predicted octanol–water partition coefficient (Wildman–Crippen LogP) is 1.17. The van der Waals surface area contributed by atoms with Crippen LogP contribution in [0.25, 0.3) is 0 Å². The Balaban J connectivity index is 2.38. The first-order chi connectivity index (χ1) is 5.72. The highest BCUT2D eigenvalue weighted by Gasteiger charge is 2.01. The molecule has 0 saturated carbocycles. The van der Waals surface area contributed by atoms with E-state index in [-0.39, 0.29) is 12.5 Å². The van der Waals surface area contributed by atoms with Crippen molar-refractivity contribution in [2.24, 2.45) is 0 Å². The molecular weight excluding hydrogens is 158 g/mol. The summed E-state index contributed by atoms with van der Waals surface area (Å²) >= 11 is 0. The number of anilines is 1. The summed E-state index contributed by atoms with van der Waals surface area (Å²) in [6.07, 6.45) is 0. The van der Waals surface area contributed by atoms with Gasteiger partial charge in [0.15, 0.2) is 5.88 Å². The van der Waals surface area contributed by atoms with Gasteiger partial charge in [0.05, 0.1) is 7.11 Å². The molecule has 0 aliphatic heterocycles. The number of esters is 1. The molecule has 1 heterocycles. The first-order valence-corrected chi connectivity index (χ1v) is 3.59. The second kappa shape index (κ2) is 3.80. The summed E-state index contributed by atoms with van der Waals surface area (Å²) in [4.78, 5) is 10.7. The monoisotopic (exact) mass is 169 g/mol. The molecule has 0 aliphatic rings. The smallest absolute Gasteiger partial charge is 0.325 e. The van der Waals surface area contributed by atoms with Crippen LogP contribution in [0.4, 0.5) is 5.88 Å². The number of aryl methyl sites for hydroxylation is 1. The van der Waals surface area contributed by atoms with Crippen LogP contribution in [0.3, 0.4) is 0 Å². The van der Waals surface area contributed by atoms with Crippen LogP contribution in [-0.2, 0) is 9.53 Å². The molecule has 0 spiro atoms. The summed E-state index contributed by atoms with van der Waals surface area (Å²) in [5, 5.41) is 2.77. The molecule has 4 nitrogen and oxygen atoms in total. The highest BCUT2D eigenvalue weighted by molar-refractivity contribution is 5.74. The number of furan rings is 1. The van der Waals surface area contributed by atoms with E-state index in [4.69, 9.17) is 4.42 Å². The summed E-state index contributed by atoms with van der Waals surface area (Å²) in [6.45, 7) is 1.97. The summed E-state index contributed by atoms with van der Waals surface area (Å²) in [7, 11) is 1.34. The van der Waals surface area contributed by atoms with Crippen molar-refractivity contribution in [1.82, 2.24) is 0 Å². The number of rotatable bonds is 3. The normalized spacial score (nSPS) is 9.50. The Morgan fingerprint density at radius 1 is 1.67 bits per heavy atom. The third kappa shape index (κ3) is 2.30. The summed E-state index contributed by atoms with van der Waals surface area (Å²) in [6, 6.07) is 3.58. The van der Waals surface area contributed by atoms with Crippen molar-refractivity contribution in [3.05, 3.63) is 17.9 Å². The van der Waals surface area contributed by atoms with Gasteiger partial charge in [-0.15, -0.1) is 0 Å².